The summed E-state index contributed by atoms with van der Waals surface area (Å²) in [4.78, 5) is 17.1. The molecule has 0 bridgehead atoms. The van der Waals surface area contributed by atoms with Gasteiger partial charge in [-0.05, 0) is 59.9 Å². The van der Waals surface area contributed by atoms with Crippen LogP contribution in [0.2, 0.25) is 0 Å². The lowest BCUT2D eigenvalue weighted by Crippen LogP contribution is -2.06. The lowest BCUT2D eigenvalue weighted by atomic mass is 10.0. The van der Waals surface area contributed by atoms with Crippen molar-refractivity contribution >= 4 is 21.3 Å². The summed E-state index contributed by atoms with van der Waals surface area (Å²) >= 11 is 0. The minimum absolute atomic E-state index is 0.0255. The van der Waals surface area contributed by atoms with E-state index in [9.17, 15) is 13.2 Å². The van der Waals surface area contributed by atoms with Crippen LogP contribution in [0.3, 0.4) is 0 Å². The molecule has 0 fully saturated rings. The number of ketones is 1. The monoisotopic (exact) mass is 462 g/mol. The van der Waals surface area contributed by atoms with Crippen molar-refractivity contribution in [3.63, 3.8) is 0 Å². The van der Waals surface area contributed by atoms with Crippen molar-refractivity contribution in [1.29, 1.82) is 0 Å². The molecule has 33 heavy (non-hydrogen) atoms. The van der Waals surface area contributed by atoms with E-state index in [-0.39, 0.29) is 21.5 Å². The number of hydrogen-bond acceptors (Lipinski definition) is 5. The number of imidazole rings is 1. The number of methoxy groups -OCH3 is 1. The smallest absolute Gasteiger partial charge is 0.210 e. The summed E-state index contributed by atoms with van der Waals surface area (Å²) in [5.74, 6) is 0.542. The van der Waals surface area contributed by atoms with Crippen molar-refractivity contribution in [3.05, 3.63) is 89.9 Å². The number of hydrogen-bond donors (Lipinski definition) is 0. The lowest BCUT2D eigenvalue weighted by molar-refractivity contribution is 0.0982. The topological polar surface area (TPSA) is 77.7 Å². The Hall–Kier alpha value is -3.45. The Bertz CT molecular complexity index is 1400. The van der Waals surface area contributed by atoms with Crippen molar-refractivity contribution in [2.75, 3.05) is 7.11 Å². The Balaban J connectivity index is 1.50. The van der Waals surface area contributed by atoms with Crippen LogP contribution in [0.1, 0.15) is 47.7 Å². The number of aromatic nitrogens is 2. The second-order valence-corrected chi connectivity index (χ2v) is 10.2. The molecule has 0 aliphatic heterocycles. The van der Waals surface area contributed by atoms with Crippen LogP contribution >= 0.6 is 0 Å². The molecule has 0 atom stereocenters. The van der Waals surface area contributed by atoms with Gasteiger partial charge in [-0.25, -0.2) is 13.4 Å². The van der Waals surface area contributed by atoms with E-state index in [1.54, 1.807) is 61.1 Å². The van der Waals surface area contributed by atoms with Gasteiger partial charge in [-0.2, -0.15) is 0 Å². The van der Waals surface area contributed by atoms with Gasteiger partial charge in [-0.1, -0.05) is 32.0 Å². The number of aryl methyl sites for hydroxylation is 1. The summed E-state index contributed by atoms with van der Waals surface area (Å²) in [5.41, 5.74) is 3.24. The number of nitrogens with zero attached hydrogens (tertiary/aromatic N) is 2. The minimum Gasteiger partial charge on any atom is -0.495 e. The molecule has 7 heteroatoms. The highest BCUT2D eigenvalue weighted by Crippen LogP contribution is 2.32. The molecule has 4 rings (SSSR count). The summed E-state index contributed by atoms with van der Waals surface area (Å²) < 4.78 is 33.7. The maximum Gasteiger partial charge on any atom is 0.210 e. The molecular weight excluding hydrogens is 436 g/mol. The van der Waals surface area contributed by atoms with Gasteiger partial charge in [0.05, 0.1) is 12.0 Å². The molecule has 0 N–H and O–H groups in total. The van der Waals surface area contributed by atoms with Crippen molar-refractivity contribution in [1.82, 2.24) is 9.38 Å². The van der Waals surface area contributed by atoms with E-state index >= 15 is 0 Å². The van der Waals surface area contributed by atoms with Crippen molar-refractivity contribution in [3.8, 4) is 5.75 Å². The van der Waals surface area contributed by atoms with Crippen molar-refractivity contribution in [2.45, 2.75) is 42.4 Å². The number of rotatable bonds is 8. The van der Waals surface area contributed by atoms with E-state index in [4.69, 9.17) is 4.74 Å². The van der Waals surface area contributed by atoms with Crippen molar-refractivity contribution < 1.29 is 17.9 Å². The fourth-order valence-electron chi connectivity index (χ4n) is 3.71. The third-order valence-corrected chi connectivity index (χ3v) is 7.52. The number of fused-ring (bicyclic) bond motifs is 1. The van der Waals surface area contributed by atoms with Gasteiger partial charge < -0.3 is 9.14 Å². The molecule has 2 heterocycles. The highest BCUT2D eigenvalue weighted by atomic mass is 32.2. The molecule has 0 saturated carbocycles. The van der Waals surface area contributed by atoms with E-state index in [1.165, 1.54) is 7.11 Å². The predicted molar refractivity (Wildman–Crippen MR) is 127 cm³/mol. The predicted octanol–water partition coefficient (Wildman–Crippen LogP) is 5.11. The SMILES string of the molecule is COc1ccc(C(C)C)cc1S(=O)(=O)c1ccc(CCC(=O)c2ccc3nccn3c2)cc1. The number of benzene rings is 2. The third kappa shape index (κ3) is 4.68. The maximum absolute atomic E-state index is 13.3. The van der Waals surface area contributed by atoms with Gasteiger partial charge in [0.1, 0.15) is 16.3 Å². The maximum atomic E-state index is 13.3. The zero-order valence-electron chi connectivity index (χ0n) is 18.9. The highest BCUT2D eigenvalue weighted by Gasteiger charge is 2.23. The van der Waals surface area contributed by atoms with Gasteiger partial charge in [0.25, 0.3) is 0 Å². The third-order valence-electron chi connectivity index (χ3n) is 5.73. The molecule has 0 radical (unpaired) electrons. The Morgan fingerprint density at radius 2 is 1.82 bits per heavy atom. The molecule has 0 spiro atoms. The first-order valence-electron chi connectivity index (χ1n) is 10.8. The van der Waals surface area contributed by atoms with Gasteiger partial charge in [0.15, 0.2) is 5.78 Å². The van der Waals surface area contributed by atoms with E-state index in [2.05, 4.69) is 4.98 Å². The van der Waals surface area contributed by atoms with Gasteiger partial charge in [-0.3, -0.25) is 4.79 Å². The molecule has 2 aromatic heterocycles. The number of carbonyl (C=O) groups is 1. The fraction of sp³-hybridized carbons (Fsp3) is 0.231. The zero-order chi connectivity index (χ0) is 23.6. The van der Waals surface area contributed by atoms with E-state index in [0.717, 1.165) is 16.8 Å². The standard InChI is InChI=1S/C26H26N2O4S/c1-18(2)20-7-12-24(32-3)25(16-20)33(30,31)22-9-4-19(5-10-22)6-11-23(29)21-8-13-26-27-14-15-28(26)17-21/h4-5,7-10,12-18H,6,11H2,1-3H3. The summed E-state index contributed by atoms with van der Waals surface area (Å²) in [6.45, 7) is 4.03. The van der Waals surface area contributed by atoms with E-state index in [1.807, 2.05) is 30.4 Å². The molecule has 4 aromatic rings. The summed E-state index contributed by atoms with van der Waals surface area (Å²) in [6, 6.07) is 15.6. The van der Waals surface area contributed by atoms with Gasteiger partial charge in [0.2, 0.25) is 9.84 Å². The van der Waals surface area contributed by atoms with Gasteiger partial charge >= 0.3 is 0 Å². The molecule has 0 saturated heterocycles. The lowest BCUT2D eigenvalue weighted by Gasteiger charge is -2.13. The van der Waals surface area contributed by atoms with E-state index in [0.29, 0.717) is 24.2 Å². The molecule has 2 aromatic carbocycles. The summed E-state index contributed by atoms with van der Waals surface area (Å²) in [5, 5.41) is 0. The second-order valence-electron chi connectivity index (χ2n) is 8.25. The first kappa shape index (κ1) is 22.7. The molecule has 6 nitrogen and oxygen atoms in total. The van der Waals surface area contributed by atoms with Crippen LogP contribution in [0.5, 0.6) is 5.75 Å². The first-order valence-corrected chi connectivity index (χ1v) is 12.3. The summed E-state index contributed by atoms with van der Waals surface area (Å²) in [7, 11) is -2.28. The van der Waals surface area contributed by atoms with Crippen LogP contribution in [0.4, 0.5) is 0 Å². The minimum atomic E-state index is -3.74. The number of pyridine rings is 1. The quantitative estimate of drug-likeness (QED) is 0.340. The zero-order valence-corrected chi connectivity index (χ0v) is 19.7. The number of ether oxygens (including phenoxy) is 1. The normalized spacial score (nSPS) is 11.8. The van der Waals surface area contributed by atoms with Crippen LogP contribution < -0.4 is 4.74 Å². The summed E-state index contributed by atoms with van der Waals surface area (Å²) in [6.07, 6.45) is 6.12. The average Bonchev–Trinajstić information content (AvgIpc) is 3.30. The average molecular weight is 463 g/mol. The van der Waals surface area contributed by atoms with Crippen LogP contribution in [-0.2, 0) is 16.3 Å². The van der Waals surface area contributed by atoms with Crippen LogP contribution in [0.15, 0.2) is 83.0 Å². The van der Waals surface area contributed by atoms with Crippen LogP contribution in [0, 0.1) is 0 Å². The molecule has 170 valence electrons. The van der Waals surface area contributed by atoms with E-state index < -0.39 is 9.84 Å². The fourth-order valence-corrected chi connectivity index (χ4v) is 5.17. The molecule has 0 aliphatic carbocycles. The van der Waals surface area contributed by atoms with Crippen LogP contribution in [0.25, 0.3) is 5.65 Å². The Morgan fingerprint density at radius 1 is 1.06 bits per heavy atom. The molecular formula is C26H26N2O4S. The largest absolute Gasteiger partial charge is 0.495 e. The Kier molecular flexibility index (Phi) is 6.33. The van der Waals surface area contributed by atoms with Crippen molar-refractivity contribution in [2.24, 2.45) is 0 Å². The Labute approximate surface area is 193 Å². The molecule has 0 aliphatic rings. The number of carbonyl (C=O) groups excluding carboxylic acids is 1. The molecule has 0 unspecified atom stereocenters. The van der Waals surface area contributed by atoms with Crippen LogP contribution in [-0.4, -0.2) is 30.7 Å². The van der Waals surface area contributed by atoms with Gasteiger partial charge in [-0.15, -0.1) is 0 Å². The second kappa shape index (κ2) is 9.19. The van der Waals surface area contributed by atoms with Gasteiger partial charge in [0, 0.05) is 30.6 Å². The number of Topliss-reactive ketones (excluding diaryl/α,β-unsaturated/α-hetero) is 1. The number of sulfone groups is 1. The first-order chi connectivity index (χ1) is 15.8. The highest BCUT2D eigenvalue weighted by molar-refractivity contribution is 7.91. The Morgan fingerprint density at radius 3 is 2.52 bits per heavy atom. The molecule has 0 amide bonds.